The Balaban J connectivity index is 2.05. The Labute approximate surface area is 95.8 Å². The number of aromatic amines is 1. The van der Waals surface area contributed by atoms with Crippen molar-refractivity contribution in [1.29, 1.82) is 0 Å². The van der Waals surface area contributed by atoms with E-state index in [9.17, 15) is 0 Å². The first kappa shape index (κ1) is 9.91. The Hall–Kier alpha value is -1.28. The molecular formula is C14H18N2. The zero-order valence-electron chi connectivity index (χ0n) is 9.50. The fraction of sp³-hybridized carbons (Fsp3) is 0.429. The second-order valence-corrected chi connectivity index (χ2v) is 4.77. The van der Waals surface area contributed by atoms with E-state index in [1.54, 1.807) is 0 Å². The average Bonchev–Trinajstić information content (AvgIpc) is 2.59. The van der Waals surface area contributed by atoms with E-state index in [4.69, 9.17) is 5.73 Å². The highest BCUT2D eigenvalue weighted by Gasteiger charge is 2.21. The van der Waals surface area contributed by atoms with Crippen LogP contribution in [0.5, 0.6) is 0 Å². The Bertz CT molecular complexity index is 494. The van der Waals surface area contributed by atoms with Gasteiger partial charge in [-0.25, -0.2) is 0 Å². The van der Waals surface area contributed by atoms with Gasteiger partial charge >= 0.3 is 0 Å². The van der Waals surface area contributed by atoms with Crippen LogP contribution in [0.15, 0.2) is 24.3 Å². The summed E-state index contributed by atoms with van der Waals surface area (Å²) < 4.78 is 0. The van der Waals surface area contributed by atoms with Gasteiger partial charge in [0.2, 0.25) is 0 Å². The zero-order valence-corrected chi connectivity index (χ0v) is 9.50. The van der Waals surface area contributed by atoms with Crippen molar-refractivity contribution in [1.82, 2.24) is 4.98 Å². The zero-order chi connectivity index (χ0) is 11.0. The van der Waals surface area contributed by atoms with Crippen LogP contribution in [0.3, 0.4) is 0 Å². The van der Waals surface area contributed by atoms with Crippen LogP contribution in [0.1, 0.15) is 36.4 Å². The van der Waals surface area contributed by atoms with Crippen LogP contribution >= 0.6 is 0 Å². The molecule has 0 unspecified atom stereocenters. The van der Waals surface area contributed by atoms with E-state index in [0.717, 1.165) is 18.9 Å². The third kappa shape index (κ3) is 1.54. The van der Waals surface area contributed by atoms with Gasteiger partial charge in [0.05, 0.1) is 0 Å². The van der Waals surface area contributed by atoms with Crippen molar-refractivity contribution in [2.75, 3.05) is 6.54 Å². The van der Waals surface area contributed by atoms with Gasteiger partial charge in [0.15, 0.2) is 0 Å². The molecule has 0 aliphatic heterocycles. The summed E-state index contributed by atoms with van der Waals surface area (Å²) in [5.41, 5.74) is 9.72. The van der Waals surface area contributed by atoms with Crippen LogP contribution in [0.2, 0.25) is 0 Å². The summed E-state index contributed by atoms with van der Waals surface area (Å²) in [6.45, 7) is 0.725. The number of H-pyrrole nitrogens is 1. The highest BCUT2D eigenvalue weighted by molar-refractivity contribution is 5.84. The minimum atomic E-state index is 0.725. The molecule has 16 heavy (non-hydrogen) atoms. The second-order valence-electron chi connectivity index (χ2n) is 4.77. The molecule has 1 heterocycles. The number of hydrogen-bond donors (Lipinski definition) is 2. The molecule has 0 atom stereocenters. The third-order valence-corrected chi connectivity index (χ3v) is 3.73. The molecule has 0 saturated heterocycles. The number of fused-ring (bicyclic) bond motifs is 1. The first-order chi connectivity index (χ1) is 7.88. The monoisotopic (exact) mass is 214 g/mol. The van der Waals surface area contributed by atoms with Gasteiger partial charge in [0, 0.05) is 16.6 Å². The van der Waals surface area contributed by atoms with Gasteiger partial charge in [-0.3, -0.25) is 0 Å². The van der Waals surface area contributed by atoms with E-state index in [-0.39, 0.29) is 0 Å². The number of nitrogens with one attached hydrogen (secondary N) is 1. The second kappa shape index (κ2) is 3.95. The molecule has 1 aromatic heterocycles. The quantitative estimate of drug-likeness (QED) is 0.810. The highest BCUT2D eigenvalue weighted by atomic mass is 14.7. The van der Waals surface area contributed by atoms with Crippen molar-refractivity contribution >= 4 is 10.9 Å². The lowest BCUT2D eigenvalue weighted by molar-refractivity contribution is 0.413. The van der Waals surface area contributed by atoms with E-state index in [1.807, 2.05) is 0 Å². The lowest BCUT2D eigenvalue weighted by Crippen LogP contribution is -2.08. The summed E-state index contributed by atoms with van der Waals surface area (Å²) >= 11 is 0. The van der Waals surface area contributed by atoms with Crippen molar-refractivity contribution in [3.63, 3.8) is 0 Å². The molecule has 1 saturated carbocycles. The summed E-state index contributed by atoms with van der Waals surface area (Å²) in [6.07, 6.45) is 5.05. The minimum Gasteiger partial charge on any atom is -0.358 e. The van der Waals surface area contributed by atoms with Gasteiger partial charge < -0.3 is 10.7 Å². The Kier molecular flexibility index (Phi) is 2.44. The molecule has 3 rings (SSSR count). The fourth-order valence-corrected chi connectivity index (χ4v) is 2.55. The maximum atomic E-state index is 5.65. The van der Waals surface area contributed by atoms with Gasteiger partial charge in [-0.15, -0.1) is 0 Å². The van der Waals surface area contributed by atoms with Crippen LogP contribution in [0.25, 0.3) is 10.9 Å². The van der Waals surface area contributed by atoms with E-state index in [2.05, 4.69) is 29.2 Å². The molecular weight excluding hydrogens is 196 g/mol. The molecule has 1 aromatic carbocycles. The highest BCUT2D eigenvalue weighted by Crippen LogP contribution is 2.37. The summed E-state index contributed by atoms with van der Waals surface area (Å²) in [5.74, 6) is 0.776. The predicted molar refractivity (Wildman–Crippen MR) is 67.6 cm³/mol. The van der Waals surface area contributed by atoms with Gasteiger partial charge in [-0.2, -0.15) is 0 Å². The number of rotatable bonds is 3. The summed E-state index contributed by atoms with van der Waals surface area (Å²) in [5, 5.41) is 1.37. The molecule has 2 heteroatoms. The lowest BCUT2D eigenvalue weighted by Gasteiger charge is -2.23. The Morgan fingerprint density at radius 2 is 2.19 bits per heavy atom. The molecule has 0 amide bonds. The smallest absolute Gasteiger partial charge is 0.0458 e. The molecule has 2 nitrogen and oxygen atoms in total. The standard InChI is InChI=1S/C14H18N2/c15-8-7-10-3-2-6-13-12(10)9-14(16-13)11-4-1-5-11/h2-3,6,9,11,16H,1,4-5,7-8,15H2. The van der Waals surface area contributed by atoms with Crippen molar-refractivity contribution in [3.05, 3.63) is 35.5 Å². The molecule has 0 spiro atoms. The largest absolute Gasteiger partial charge is 0.358 e. The van der Waals surface area contributed by atoms with Gasteiger partial charge in [0.1, 0.15) is 0 Å². The van der Waals surface area contributed by atoms with Crippen LogP contribution in [0.4, 0.5) is 0 Å². The summed E-state index contributed by atoms with van der Waals surface area (Å²) in [4.78, 5) is 3.56. The molecule has 3 N–H and O–H groups in total. The van der Waals surface area contributed by atoms with Crippen LogP contribution in [-0.2, 0) is 6.42 Å². The van der Waals surface area contributed by atoms with Crippen molar-refractivity contribution in [3.8, 4) is 0 Å². The van der Waals surface area contributed by atoms with Crippen LogP contribution in [0, 0.1) is 0 Å². The number of benzene rings is 1. The van der Waals surface area contributed by atoms with E-state index in [1.165, 1.54) is 41.4 Å². The van der Waals surface area contributed by atoms with E-state index < -0.39 is 0 Å². The molecule has 2 aromatic rings. The number of nitrogens with two attached hydrogens (primary N) is 1. The third-order valence-electron chi connectivity index (χ3n) is 3.73. The number of hydrogen-bond acceptors (Lipinski definition) is 1. The maximum Gasteiger partial charge on any atom is 0.0458 e. The van der Waals surface area contributed by atoms with Gasteiger partial charge in [-0.1, -0.05) is 18.6 Å². The molecule has 1 fully saturated rings. The molecule has 1 aliphatic carbocycles. The lowest BCUT2D eigenvalue weighted by atomic mass is 9.83. The first-order valence-electron chi connectivity index (χ1n) is 6.19. The maximum absolute atomic E-state index is 5.65. The first-order valence-corrected chi connectivity index (χ1v) is 6.19. The molecule has 0 radical (unpaired) electrons. The van der Waals surface area contributed by atoms with Crippen molar-refractivity contribution in [2.24, 2.45) is 5.73 Å². The van der Waals surface area contributed by atoms with E-state index in [0.29, 0.717) is 0 Å². The van der Waals surface area contributed by atoms with E-state index >= 15 is 0 Å². The van der Waals surface area contributed by atoms with Gasteiger partial charge in [-0.05, 0) is 49.4 Å². The SMILES string of the molecule is NCCc1cccc2[nH]c(C3CCC3)cc12. The fourth-order valence-electron chi connectivity index (χ4n) is 2.55. The summed E-state index contributed by atoms with van der Waals surface area (Å²) in [6, 6.07) is 8.81. The molecule has 0 bridgehead atoms. The predicted octanol–water partition coefficient (Wildman–Crippen LogP) is 2.94. The van der Waals surface area contributed by atoms with Crippen LogP contribution < -0.4 is 5.73 Å². The van der Waals surface area contributed by atoms with Crippen LogP contribution in [-0.4, -0.2) is 11.5 Å². The number of aromatic nitrogens is 1. The normalized spacial score (nSPS) is 16.6. The van der Waals surface area contributed by atoms with Crippen molar-refractivity contribution in [2.45, 2.75) is 31.6 Å². The topological polar surface area (TPSA) is 41.8 Å². The summed E-state index contributed by atoms with van der Waals surface area (Å²) in [7, 11) is 0. The average molecular weight is 214 g/mol. The van der Waals surface area contributed by atoms with Crippen molar-refractivity contribution < 1.29 is 0 Å². The molecule has 84 valence electrons. The van der Waals surface area contributed by atoms with Gasteiger partial charge in [0.25, 0.3) is 0 Å². The Morgan fingerprint density at radius 3 is 2.88 bits per heavy atom. The minimum absolute atomic E-state index is 0.725. The Morgan fingerprint density at radius 1 is 1.31 bits per heavy atom. The molecule has 1 aliphatic rings.